The van der Waals surface area contributed by atoms with Gasteiger partial charge in [-0.2, -0.15) is 0 Å². The van der Waals surface area contributed by atoms with E-state index < -0.39 is 0 Å². The highest BCUT2D eigenvalue weighted by molar-refractivity contribution is 5.25. The minimum absolute atomic E-state index is 0.111. The van der Waals surface area contributed by atoms with Crippen molar-refractivity contribution in [1.82, 2.24) is 15.3 Å². The van der Waals surface area contributed by atoms with Crippen molar-refractivity contribution < 1.29 is 9.47 Å². The van der Waals surface area contributed by atoms with Crippen LogP contribution in [-0.2, 0) is 15.9 Å². The second-order valence-electron chi connectivity index (χ2n) is 5.64. The maximum Gasteiger partial charge on any atom is 0.160 e. The smallest absolute Gasteiger partial charge is 0.160 e. The van der Waals surface area contributed by atoms with Crippen molar-refractivity contribution >= 4 is 0 Å². The molecule has 0 bridgehead atoms. The average Bonchev–Trinajstić information content (AvgIpc) is 3.27. The van der Waals surface area contributed by atoms with Crippen LogP contribution in [0.25, 0.3) is 0 Å². The third kappa shape index (κ3) is 3.34. The molecule has 0 radical (unpaired) electrons. The Morgan fingerprint density at radius 3 is 2.50 bits per heavy atom. The predicted octanol–water partition coefficient (Wildman–Crippen LogP) is 1.48. The molecule has 0 aromatic carbocycles. The van der Waals surface area contributed by atoms with Gasteiger partial charge in [0.15, 0.2) is 5.82 Å². The van der Waals surface area contributed by atoms with Crippen LogP contribution in [-0.4, -0.2) is 42.4 Å². The number of ether oxygens (including phenoxy) is 2. The Labute approximate surface area is 120 Å². The molecule has 1 aromatic rings. The molecule has 5 heteroatoms. The topological polar surface area (TPSA) is 56.3 Å². The maximum absolute atomic E-state index is 5.67. The molecule has 1 N–H and O–H groups in total. The fraction of sp³-hybridized carbons (Fsp3) is 0.733. The molecule has 1 saturated heterocycles. The first-order chi connectivity index (χ1) is 9.74. The van der Waals surface area contributed by atoms with E-state index in [1.165, 1.54) is 18.4 Å². The van der Waals surface area contributed by atoms with Gasteiger partial charge in [0.05, 0.1) is 19.8 Å². The van der Waals surface area contributed by atoms with Crippen molar-refractivity contribution in [3.63, 3.8) is 0 Å². The number of rotatable bonds is 5. The first-order valence-corrected chi connectivity index (χ1v) is 7.51. The highest BCUT2D eigenvalue weighted by Gasteiger charge is 2.22. The van der Waals surface area contributed by atoms with Crippen LogP contribution in [0.2, 0.25) is 0 Å². The van der Waals surface area contributed by atoms with Crippen LogP contribution in [0, 0.1) is 13.8 Å². The van der Waals surface area contributed by atoms with Gasteiger partial charge in [0.25, 0.3) is 0 Å². The van der Waals surface area contributed by atoms with Crippen LogP contribution in [0.15, 0.2) is 0 Å². The molecule has 1 aliphatic heterocycles. The first-order valence-electron chi connectivity index (χ1n) is 7.51. The number of aromatic nitrogens is 2. The Morgan fingerprint density at radius 1 is 1.15 bits per heavy atom. The summed E-state index contributed by atoms with van der Waals surface area (Å²) in [5.74, 6) is 0.763. The van der Waals surface area contributed by atoms with Crippen molar-refractivity contribution in [2.75, 3.05) is 26.4 Å². The van der Waals surface area contributed by atoms with E-state index in [1.54, 1.807) is 0 Å². The lowest BCUT2D eigenvalue weighted by Crippen LogP contribution is -2.25. The van der Waals surface area contributed by atoms with E-state index in [1.807, 2.05) is 0 Å². The Hall–Kier alpha value is -1.04. The monoisotopic (exact) mass is 277 g/mol. The summed E-state index contributed by atoms with van der Waals surface area (Å²) in [5, 5.41) is 3.54. The molecule has 20 heavy (non-hydrogen) atoms. The minimum atomic E-state index is -0.111. The van der Waals surface area contributed by atoms with Gasteiger partial charge in [0.2, 0.25) is 0 Å². The number of hydrogen-bond acceptors (Lipinski definition) is 5. The fourth-order valence-corrected chi connectivity index (χ4v) is 2.60. The second kappa shape index (κ2) is 6.16. The van der Waals surface area contributed by atoms with E-state index in [2.05, 4.69) is 29.1 Å². The summed E-state index contributed by atoms with van der Waals surface area (Å²) >= 11 is 0. The third-order valence-corrected chi connectivity index (χ3v) is 3.93. The van der Waals surface area contributed by atoms with Crippen LogP contribution in [0.1, 0.15) is 41.7 Å². The van der Waals surface area contributed by atoms with E-state index in [4.69, 9.17) is 9.47 Å². The second-order valence-corrected chi connectivity index (χ2v) is 5.64. The van der Waals surface area contributed by atoms with Crippen molar-refractivity contribution in [1.29, 1.82) is 0 Å². The number of hydrogen-bond donors (Lipinski definition) is 1. The highest BCUT2D eigenvalue weighted by Crippen LogP contribution is 2.21. The van der Waals surface area contributed by atoms with Crippen LogP contribution >= 0.6 is 0 Å². The molecular formula is C15H23N3O2. The molecule has 2 heterocycles. The molecule has 1 unspecified atom stereocenters. The molecule has 1 saturated carbocycles. The largest absolute Gasteiger partial charge is 0.376 e. The van der Waals surface area contributed by atoms with E-state index in [0.29, 0.717) is 19.8 Å². The maximum atomic E-state index is 5.67. The summed E-state index contributed by atoms with van der Waals surface area (Å²) in [6, 6.07) is 0.753. The van der Waals surface area contributed by atoms with Crippen LogP contribution in [0.3, 0.4) is 0 Å². The lowest BCUT2D eigenvalue weighted by molar-refractivity contribution is -0.0936. The molecular weight excluding hydrogens is 254 g/mol. The van der Waals surface area contributed by atoms with E-state index in [9.17, 15) is 0 Å². The van der Waals surface area contributed by atoms with Crippen molar-refractivity contribution in [3.05, 3.63) is 22.8 Å². The minimum Gasteiger partial charge on any atom is -0.376 e. The predicted molar refractivity (Wildman–Crippen MR) is 75.7 cm³/mol. The quantitative estimate of drug-likeness (QED) is 0.883. The van der Waals surface area contributed by atoms with Crippen LogP contribution in [0.5, 0.6) is 0 Å². The van der Waals surface area contributed by atoms with E-state index in [-0.39, 0.29) is 6.10 Å². The van der Waals surface area contributed by atoms with Crippen molar-refractivity contribution in [2.24, 2.45) is 0 Å². The number of nitrogens with zero attached hydrogens (tertiary/aromatic N) is 2. The van der Waals surface area contributed by atoms with Crippen molar-refractivity contribution in [3.8, 4) is 0 Å². The molecule has 110 valence electrons. The van der Waals surface area contributed by atoms with Gasteiger partial charge >= 0.3 is 0 Å². The van der Waals surface area contributed by atoms with Crippen LogP contribution < -0.4 is 5.32 Å². The molecule has 1 aliphatic carbocycles. The highest BCUT2D eigenvalue weighted by atomic mass is 16.6. The van der Waals surface area contributed by atoms with Gasteiger partial charge in [-0.3, -0.25) is 0 Å². The van der Waals surface area contributed by atoms with Gasteiger partial charge in [-0.25, -0.2) is 9.97 Å². The molecule has 0 spiro atoms. The molecule has 2 aliphatic rings. The molecule has 1 atom stereocenters. The molecule has 0 amide bonds. The fourth-order valence-electron chi connectivity index (χ4n) is 2.60. The third-order valence-electron chi connectivity index (χ3n) is 3.93. The Kier molecular flexibility index (Phi) is 4.29. The van der Waals surface area contributed by atoms with Gasteiger partial charge in [-0.1, -0.05) is 0 Å². The van der Waals surface area contributed by atoms with E-state index >= 15 is 0 Å². The molecule has 2 fully saturated rings. The summed E-state index contributed by atoms with van der Waals surface area (Å²) in [6.07, 6.45) is 3.54. The van der Waals surface area contributed by atoms with Gasteiger partial charge in [-0.05, 0) is 45.2 Å². The Morgan fingerprint density at radius 2 is 1.90 bits per heavy atom. The van der Waals surface area contributed by atoms with Gasteiger partial charge < -0.3 is 14.8 Å². The molecule has 5 nitrogen and oxygen atoms in total. The normalized spacial score (nSPS) is 23.0. The zero-order valence-corrected chi connectivity index (χ0v) is 12.3. The summed E-state index contributed by atoms with van der Waals surface area (Å²) in [4.78, 5) is 9.25. The molecule has 1 aromatic heterocycles. The standard InChI is InChI=1S/C15H23N3O2/c1-10-13(5-6-16-12-3-4-12)11(2)18-15(17-10)14-9-19-7-8-20-14/h12,14,16H,3-9H2,1-2H3. The number of aryl methyl sites for hydroxylation is 2. The zero-order valence-electron chi connectivity index (χ0n) is 12.3. The van der Waals surface area contributed by atoms with Gasteiger partial charge in [-0.15, -0.1) is 0 Å². The van der Waals surface area contributed by atoms with E-state index in [0.717, 1.165) is 36.2 Å². The molecule has 3 rings (SSSR count). The summed E-state index contributed by atoms with van der Waals surface area (Å²) in [7, 11) is 0. The summed E-state index contributed by atoms with van der Waals surface area (Å²) < 4.78 is 11.1. The van der Waals surface area contributed by atoms with Crippen molar-refractivity contribution in [2.45, 2.75) is 45.3 Å². The Bertz CT molecular complexity index is 445. The SMILES string of the molecule is Cc1nc(C2COCCO2)nc(C)c1CCNC1CC1. The first kappa shape index (κ1) is 13.9. The van der Waals surface area contributed by atoms with Gasteiger partial charge in [0.1, 0.15) is 6.10 Å². The van der Waals surface area contributed by atoms with Gasteiger partial charge in [0, 0.05) is 17.4 Å². The lowest BCUT2D eigenvalue weighted by atomic mass is 10.1. The summed E-state index contributed by atoms with van der Waals surface area (Å²) in [6.45, 7) is 6.99. The number of nitrogens with one attached hydrogen (secondary N) is 1. The Balaban J connectivity index is 1.67. The average molecular weight is 277 g/mol. The lowest BCUT2D eigenvalue weighted by Gasteiger charge is -2.23. The zero-order chi connectivity index (χ0) is 13.9. The van der Waals surface area contributed by atoms with Crippen LogP contribution in [0.4, 0.5) is 0 Å². The summed E-state index contributed by atoms with van der Waals surface area (Å²) in [5.41, 5.74) is 3.40.